The molecule has 0 bridgehead atoms. The van der Waals surface area contributed by atoms with Gasteiger partial charge in [0.05, 0.1) is 11.0 Å². The van der Waals surface area contributed by atoms with Crippen LogP contribution in [-0.2, 0) is 29.5 Å². The van der Waals surface area contributed by atoms with Gasteiger partial charge in [-0.25, -0.2) is 4.98 Å². The normalized spacial score (nSPS) is 9.51. The lowest BCUT2D eigenvalue weighted by Crippen LogP contribution is -2.18. The number of fused-ring (bicyclic) bond motifs is 1. The topological polar surface area (TPSA) is 82.2 Å². The van der Waals surface area contributed by atoms with Crippen molar-refractivity contribution in [2.75, 3.05) is 26.0 Å². The van der Waals surface area contributed by atoms with Crippen LogP contribution in [0.15, 0.2) is 73.3 Å². The van der Waals surface area contributed by atoms with E-state index in [0.717, 1.165) is 66.9 Å². The Morgan fingerprint density at radius 1 is 1.02 bits per heavy atom. The number of aromatic nitrogens is 2. The molecule has 0 fully saturated rings. The van der Waals surface area contributed by atoms with E-state index >= 15 is 0 Å². The Morgan fingerprint density at radius 3 is 2.05 bits per heavy atom. The lowest BCUT2D eigenvalue weighted by Gasteiger charge is -2.06. The summed E-state index contributed by atoms with van der Waals surface area (Å²) in [6, 6.07) is 14.0. The number of carbonyl (C=O) groups excluding carboxylic acids is 1. The van der Waals surface area contributed by atoms with Gasteiger partial charge in [0.1, 0.15) is 12.1 Å². The van der Waals surface area contributed by atoms with Crippen molar-refractivity contribution in [3.8, 4) is 0 Å². The number of benzene rings is 2. The maximum absolute atomic E-state index is 10.3. The molecule has 0 saturated heterocycles. The number of anilines is 1. The molecule has 0 radical (unpaired) electrons. The minimum absolute atomic E-state index is 0.738. The van der Waals surface area contributed by atoms with Crippen LogP contribution in [0.4, 0.5) is 5.69 Å². The van der Waals surface area contributed by atoms with Gasteiger partial charge < -0.3 is 20.4 Å². The average Bonchev–Trinajstić information content (AvgIpc) is 3.34. The molecule has 0 saturated carbocycles. The maximum Gasteiger partial charge on any atom is 0.142 e. The first kappa shape index (κ1) is 42.0. The molecular weight excluding hydrogens is 508 g/mol. The van der Waals surface area contributed by atoms with E-state index in [1.165, 1.54) is 11.6 Å². The molecule has 1 aromatic heterocycles. The van der Waals surface area contributed by atoms with Gasteiger partial charge in [0.2, 0.25) is 0 Å². The van der Waals surface area contributed by atoms with E-state index < -0.39 is 0 Å². The number of nitrogens with one attached hydrogen (secondary N) is 1. The molecule has 6 nitrogen and oxygen atoms in total. The highest BCUT2D eigenvalue weighted by Crippen LogP contribution is 2.18. The molecule has 6 heteroatoms. The number of rotatable bonds is 9. The standard InChI is InChI=1S/C20H22N4O.2C4H8.C3H8O.2C2H6/c1-24-19-9-8-17(21)13-18(19)23-20(24)10-11-22-14-16-6-4-15(5-7-16)3-2-12-25;3*1-3-4-2;2*1-2/h2-9,12-13,22H,10-11,14,21H2,1H3;3-4H,1-2H3;3H,1,4H2,2H3;3H2,1-2H3;2*1-2H3/b3-2+;4-3-;;;;. The van der Waals surface area contributed by atoms with Crippen molar-refractivity contribution in [1.29, 1.82) is 0 Å². The number of carbonyl (C=O) groups is 1. The minimum Gasteiger partial charge on any atom is -0.399 e. The first-order valence-electron chi connectivity index (χ1n) is 14.7. The number of aldehydes is 1. The summed E-state index contributed by atoms with van der Waals surface area (Å²) in [6.07, 6.45) is 11.9. The fourth-order valence-electron chi connectivity index (χ4n) is 2.82. The predicted octanol–water partition coefficient (Wildman–Crippen LogP) is 8.57. The van der Waals surface area contributed by atoms with Crippen molar-refractivity contribution in [1.82, 2.24) is 14.9 Å². The van der Waals surface area contributed by atoms with Crippen LogP contribution in [0.2, 0.25) is 0 Å². The lowest BCUT2D eigenvalue weighted by atomic mass is 10.1. The monoisotopic (exact) mass is 566 g/mol. The Hall–Kier alpha value is -3.48. The van der Waals surface area contributed by atoms with E-state index in [1.807, 2.05) is 104 Å². The van der Waals surface area contributed by atoms with Crippen LogP contribution in [0, 0.1) is 0 Å². The molecule has 0 amide bonds. The van der Waals surface area contributed by atoms with Crippen molar-refractivity contribution in [2.45, 2.75) is 74.8 Å². The van der Waals surface area contributed by atoms with E-state index in [9.17, 15) is 4.79 Å². The molecule has 0 aliphatic rings. The molecule has 230 valence electrons. The molecule has 0 aliphatic heterocycles. The van der Waals surface area contributed by atoms with Gasteiger partial charge in [0.25, 0.3) is 0 Å². The van der Waals surface area contributed by atoms with Gasteiger partial charge >= 0.3 is 0 Å². The second-order valence-electron chi connectivity index (χ2n) is 7.94. The third-order valence-corrected chi connectivity index (χ3v) is 5.11. The van der Waals surface area contributed by atoms with Crippen LogP contribution < -0.4 is 11.1 Å². The molecule has 3 rings (SSSR count). The predicted molar refractivity (Wildman–Crippen MR) is 183 cm³/mol. The number of hydrogen-bond acceptors (Lipinski definition) is 5. The van der Waals surface area contributed by atoms with Gasteiger partial charge in [0.15, 0.2) is 0 Å². The van der Waals surface area contributed by atoms with Gasteiger partial charge in [-0.1, -0.05) is 83.2 Å². The van der Waals surface area contributed by atoms with Crippen LogP contribution in [0.5, 0.6) is 0 Å². The molecule has 41 heavy (non-hydrogen) atoms. The summed E-state index contributed by atoms with van der Waals surface area (Å²) >= 11 is 0. The smallest absolute Gasteiger partial charge is 0.142 e. The van der Waals surface area contributed by atoms with Crippen molar-refractivity contribution in [3.63, 3.8) is 0 Å². The maximum atomic E-state index is 10.3. The van der Waals surface area contributed by atoms with Gasteiger partial charge in [-0.2, -0.15) is 0 Å². The summed E-state index contributed by atoms with van der Waals surface area (Å²) in [6.45, 7) is 22.0. The summed E-state index contributed by atoms with van der Waals surface area (Å²) in [5.41, 5.74) is 10.8. The van der Waals surface area contributed by atoms with Crippen molar-refractivity contribution >= 4 is 29.1 Å². The minimum atomic E-state index is 0.738. The molecular formula is C35H58N4O2. The van der Waals surface area contributed by atoms with Crippen molar-refractivity contribution in [3.05, 3.63) is 90.3 Å². The Bertz CT molecular complexity index is 1060. The number of imidazole rings is 1. The van der Waals surface area contributed by atoms with E-state index in [1.54, 1.807) is 13.2 Å². The fourth-order valence-corrected chi connectivity index (χ4v) is 2.82. The third kappa shape index (κ3) is 21.0. The number of ether oxygens (including phenoxy) is 1. The summed E-state index contributed by atoms with van der Waals surface area (Å²) in [5.74, 6) is 1.04. The van der Waals surface area contributed by atoms with Gasteiger partial charge in [-0.05, 0) is 62.6 Å². The highest BCUT2D eigenvalue weighted by Gasteiger charge is 2.07. The van der Waals surface area contributed by atoms with E-state index in [0.29, 0.717) is 0 Å². The summed E-state index contributed by atoms with van der Waals surface area (Å²) < 4.78 is 6.66. The van der Waals surface area contributed by atoms with E-state index in [-0.39, 0.29) is 0 Å². The van der Waals surface area contributed by atoms with E-state index in [4.69, 9.17) is 5.73 Å². The highest BCUT2D eigenvalue weighted by atomic mass is 16.5. The molecule has 1 heterocycles. The number of nitrogens with zero attached hydrogens (tertiary/aromatic N) is 2. The Labute approximate surface area is 251 Å². The molecule has 0 unspecified atom stereocenters. The largest absolute Gasteiger partial charge is 0.399 e. The number of hydrogen-bond donors (Lipinski definition) is 2. The zero-order valence-corrected chi connectivity index (χ0v) is 27.5. The molecule has 2 aromatic carbocycles. The number of allylic oxidation sites excluding steroid dienone is 4. The highest BCUT2D eigenvalue weighted by molar-refractivity contribution is 5.79. The SMILES string of the molecule is C/C=C\C.C=CCC.CC.CC.CCOC.Cn1c(CCNCc2ccc(/C=C/C=O)cc2)nc2cc(N)ccc21. The molecule has 3 aromatic rings. The number of methoxy groups -OCH3 is 1. The first-order valence-corrected chi connectivity index (χ1v) is 14.7. The van der Waals surface area contributed by atoms with Crippen LogP contribution in [0.1, 0.15) is 78.8 Å². The first-order chi connectivity index (χ1) is 19.9. The molecule has 0 aliphatic carbocycles. The van der Waals surface area contributed by atoms with Crippen LogP contribution in [-0.4, -0.2) is 36.1 Å². The van der Waals surface area contributed by atoms with Crippen molar-refractivity contribution < 1.29 is 9.53 Å². The number of nitrogen functional groups attached to an aromatic ring is 1. The third-order valence-electron chi connectivity index (χ3n) is 5.11. The molecule has 3 N–H and O–H groups in total. The Kier molecular flexibility index (Phi) is 31.8. The second-order valence-corrected chi connectivity index (χ2v) is 7.94. The van der Waals surface area contributed by atoms with Gasteiger partial charge in [-0.3, -0.25) is 4.79 Å². The zero-order chi connectivity index (χ0) is 31.9. The second kappa shape index (κ2) is 31.1. The van der Waals surface area contributed by atoms with Crippen molar-refractivity contribution in [2.24, 2.45) is 7.05 Å². The fraction of sp³-hybridized carbons (Fsp3) is 0.429. The van der Waals surface area contributed by atoms with E-state index in [2.05, 4.69) is 45.2 Å². The summed E-state index contributed by atoms with van der Waals surface area (Å²) in [5, 5.41) is 3.44. The van der Waals surface area contributed by atoms with Gasteiger partial charge in [-0.15, -0.1) is 6.58 Å². The average molecular weight is 567 g/mol. The Morgan fingerprint density at radius 2 is 1.59 bits per heavy atom. The number of aryl methyl sites for hydroxylation is 1. The lowest BCUT2D eigenvalue weighted by molar-refractivity contribution is -0.104. The molecule has 0 atom stereocenters. The zero-order valence-electron chi connectivity index (χ0n) is 27.5. The summed E-state index contributed by atoms with van der Waals surface area (Å²) in [4.78, 5) is 15.0. The summed E-state index contributed by atoms with van der Waals surface area (Å²) in [7, 11) is 3.71. The quantitative estimate of drug-likeness (QED) is 0.0891. The van der Waals surface area contributed by atoms with Crippen LogP contribution >= 0.6 is 0 Å². The number of nitrogens with two attached hydrogens (primary N) is 1. The molecule has 0 spiro atoms. The van der Waals surface area contributed by atoms with Gasteiger partial charge in [0, 0.05) is 46.0 Å². The van der Waals surface area contributed by atoms with Crippen LogP contribution in [0.3, 0.4) is 0 Å². The Balaban J connectivity index is -0.000000753. The van der Waals surface area contributed by atoms with Crippen LogP contribution in [0.25, 0.3) is 17.1 Å².